The van der Waals surface area contributed by atoms with E-state index >= 15 is 0 Å². The molecule has 182 valence electrons. The largest absolute Gasteiger partial charge is 0.416 e. The second-order valence-corrected chi connectivity index (χ2v) is 7.37. The number of benzene rings is 1. The zero-order valence-electron chi connectivity index (χ0n) is 17.7. The van der Waals surface area contributed by atoms with Crippen LogP contribution >= 0.6 is 0 Å². The summed E-state index contributed by atoms with van der Waals surface area (Å²) >= 11 is 0. The first-order chi connectivity index (χ1) is 16.4. The molecule has 0 saturated heterocycles. The maximum Gasteiger partial charge on any atom is 0.416 e. The Morgan fingerprint density at radius 1 is 1.03 bits per heavy atom. The van der Waals surface area contributed by atoms with Crippen LogP contribution in [0.25, 0.3) is 5.82 Å². The normalized spacial score (nSPS) is 13.0. The standard InChI is InChI=1S/C21H15F6N7O/c1-12(15-6-5-13(20(22,23)24)8-16(15)21(25,26)27)33-10-14(9-29-33)30-19(35)17-11-34(32-31-17)18-4-2-3-7-28-18/h2-12H,1H3,(H,30,35)/t12-/m0/s1. The van der Waals surface area contributed by atoms with Crippen molar-refractivity contribution in [1.29, 1.82) is 0 Å². The van der Waals surface area contributed by atoms with Crippen molar-refractivity contribution in [2.24, 2.45) is 0 Å². The zero-order chi connectivity index (χ0) is 25.4. The first-order valence-corrected chi connectivity index (χ1v) is 9.91. The summed E-state index contributed by atoms with van der Waals surface area (Å²) in [5, 5.41) is 14.0. The minimum absolute atomic E-state index is 0.0569. The van der Waals surface area contributed by atoms with E-state index in [9.17, 15) is 31.1 Å². The molecule has 1 amide bonds. The first kappa shape index (κ1) is 23.9. The topological polar surface area (TPSA) is 90.5 Å². The van der Waals surface area contributed by atoms with Crippen molar-refractivity contribution in [3.63, 3.8) is 0 Å². The molecule has 1 N–H and O–H groups in total. The maximum atomic E-state index is 13.5. The van der Waals surface area contributed by atoms with Crippen LogP contribution in [0.1, 0.15) is 40.1 Å². The van der Waals surface area contributed by atoms with Gasteiger partial charge in [-0.15, -0.1) is 5.10 Å². The van der Waals surface area contributed by atoms with E-state index < -0.39 is 41.0 Å². The molecule has 0 bridgehead atoms. The van der Waals surface area contributed by atoms with Crippen LogP contribution in [0.5, 0.6) is 0 Å². The van der Waals surface area contributed by atoms with Gasteiger partial charge in [-0.2, -0.15) is 31.4 Å². The number of rotatable bonds is 5. The number of alkyl halides is 6. The minimum atomic E-state index is -5.02. The van der Waals surface area contributed by atoms with E-state index in [2.05, 4.69) is 25.7 Å². The van der Waals surface area contributed by atoms with Gasteiger partial charge in [0.2, 0.25) is 0 Å². The van der Waals surface area contributed by atoms with Crippen LogP contribution in [0.15, 0.2) is 61.2 Å². The molecule has 3 aromatic heterocycles. The van der Waals surface area contributed by atoms with Crippen molar-refractivity contribution in [2.75, 3.05) is 5.32 Å². The lowest BCUT2D eigenvalue weighted by Gasteiger charge is -2.20. The lowest BCUT2D eigenvalue weighted by molar-refractivity contribution is -0.143. The molecule has 0 aliphatic rings. The number of aromatic nitrogens is 6. The Balaban J connectivity index is 1.54. The Hall–Kier alpha value is -4.23. The molecule has 1 aromatic carbocycles. The molecular formula is C21H15F6N7O. The molecule has 3 heterocycles. The third-order valence-corrected chi connectivity index (χ3v) is 5.00. The molecule has 0 radical (unpaired) electrons. The van der Waals surface area contributed by atoms with Gasteiger partial charge in [-0.1, -0.05) is 17.3 Å². The van der Waals surface area contributed by atoms with Gasteiger partial charge < -0.3 is 5.32 Å². The summed E-state index contributed by atoms with van der Waals surface area (Å²) in [5.74, 6) is -0.234. The van der Waals surface area contributed by atoms with Crippen LogP contribution in [-0.2, 0) is 12.4 Å². The van der Waals surface area contributed by atoms with E-state index in [1.54, 1.807) is 18.2 Å². The molecule has 8 nitrogen and oxygen atoms in total. The van der Waals surface area contributed by atoms with Crippen molar-refractivity contribution in [2.45, 2.75) is 25.3 Å². The fourth-order valence-corrected chi connectivity index (χ4v) is 3.26. The average Bonchev–Trinajstić information content (AvgIpc) is 3.48. The van der Waals surface area contributed by atoms with Gasteiger partial charge in [0.25, 0.3) is 5.91 Å². The molecule has 0 fully saturated rings. The van der Waals surface area contributed by atoms with Gasteiger partial charge in [-0.05, 0) is 36.8 Å². The highest BCUT2D eigenvalue weighted by Crippen LogP contribution is 2.39. The van der Waals surface area contributed by atoms with Crippen molar-refractivity contribution in [1.82, 2.24) is 29.8 Å². The van der Waals surface area contributed by atoms with Gasteiger partial charge in [0, 0.05) is 12.4 Å². The van der Waals surface area contributed by atoms with E-state index in [4.69, 9.17) is 0 Å². The highest BCUT2D eigenvalue weighted by atomic mass is 19.4. The number of carbonyl (C=O) groups excluding carboxylic acids is 1. The van der Waals surface area contributed by atoms with Gasteiger partial charge in [-0.25, -0.2) is 9.67 Å². The molecule has 4 aromatic rings. The van der Waals surface area contributed by atoms with Crippen molar-refractivity contribution < 1.29 is 31.1 Å². The predicted molar refractivity (Wildman–Crippen MR) is 110 cm³/mol. The van der Waals surface area contributed by atoms with Crippen LogP contribution in [0.2, 0.25) is 0 Å². The van der Waals surface area contributed by atoms with Gasteiger partial charge in [0.15, 0.2) is 11.5 Å². The van der Waals surface area contributed by atoms with Crippen LogP contribution in [0, 0.1) is 0 Å². The average molecular weight is 495 g/mol. The second-order valence-electron chi connectivity index (χ2n) is 7.37. The summed E-state index contributed by atoms with van der Waals surface area (Å²) in [7, 11) is 0. The number of halogens is 6. The number of amides is 1. The van der Waals surface area contributed by atoms with Gasteiger partial charge in [0.1, 0.15) is 0 Å². The van der Waals surface area contributed by atoms with Crippen LogP contribution in [-0.4, -0.2) is 35.7 Å². The van der Waals surface area contributed by atoms with E-state index in [0.29, 0.717) is 11.9 Å². The molecule has 1 atom stereocenters. The summed E-state index contributed by atoms with van der Waals surface area (Å²) in [5.41, 5.74) is -3.17. The van der Waals surface area contributed by atoms with E-state index in [1.807, 2.05) is 0 Å². The number of carbonyl (C=O) groups is 1. The molecule has 14 heteroatoms. The quantitative estimate of drug-likeness (QED) is 0.404. The van der Waals surface area contributed by atoms with E-state index in [0.717, 1.165) is 10.7 Å². The summed E-state index contributed by atoms with van der Waals surface area (Å²) in [6, 6.07) is 5.41. The number of anilines is 1. The zero-order valence-corrected chi connectivity index (χ0v) is 17.7. The number of pyridine rings is 1. The maximum absolute atomic E-state index is 13.5. The number of nitrogens with zero attached hydrogens (tertiary/aromatic N) is 6. The molecule has 0 saturated carbocycles. The van der Waals surface area contributed by atoms with Crippen molar-refractivity contribution >= 4 is 11.6 Å². The summed E-state index contributed by atoms with van der Waals surface area (Å²) < 4.78 is 81.7. The van der Waals surface area contributed by atoms with Crippen LogP contribution in [0.4, 0.5) is 32.0 Å². The van der Waals surface area contributed by atoms with Gasteiger partial charge in [0.05, 0.1) is 35.2 Å². The van der Waals surface area contributed by atoms with Gasteiger partial charge >= 0.3 is 12.4 Å². The number of hydrogen-bond donors (Lipinski definition) is 1. The van der Waals surface area contributed by atoms with Crippen LogP contribution < -0.4 is 5.32 Å². The first-order valence-electron chi connectivity index (χ1n) is 9.91. The summed E-state index contributed by atoms with van der Waals surface area (Å²) in [6.07, 6.45) is -4.63. The molecule has 0 aliphatic carbocycles. The highest BCUT2D eigenvalue weighted by molar-refractivity contribution is 6.02. The highest BCUT2D eigenvalue weighted by Gasteiger charge is 2.39. The Morgan fingerprint density at radius 3 is 2.46 bits per heavy atom. The van der Waals surface area contributed by atoms with Crippen molar-refractivity contribution in [3.8, 4) is 5.82 Å². The van der Waals surface area contributed by atoms with E-state index in [1.165, 1.54) is 36.4 Å². The summed E-state index contributed by atoms with van der Waals surface area (Å²) in [4.78, 5) is 16.6. The Labute approximate surface area is 193 Å². The Morgan fingerprint density at radius 2 is 1.80 bits per heavy atom. The molecule has 35 heavy (non-hydrogen) atoms. The third kappa shape index (κ3) is 5.15. The molecule has 4 rings (SSSR count). The number of hydrogen-bond acceptors (Lipinski definition) is 5. The molecular weight excluding hydrogens is 480 g/mol. The second kappa shape index (κ2) is 8.85. The van der Waals surface area contributed by atoms with Gasteiger partial charge in [-0.3, -0.25) is 9.48 Å². The smallest absolute Gasteiger partial charge is 0.318 e. The van der Waals surface area contributed by atoms with E-state index in [-0.39, 0.29) is 17.4 Å². The predicted octanol–water partition coefficient (Wildman–Crippen LogP) is 4.76. The molecule has 0 unspecified atom stereocenters. The van der Waals surface area contributed by atoms with Crippen LogP contribution in [0.3, 0.4) is 0 Å². The Kier molecular flexibility index (Phi) is 6.05. The monoisotopic (exact) mass is 495 g/mol. The minimum Gasteiger partial charge on any atom is -0.318 e. The molecule has 0 aliphatic heterocycles. The number of nitrogens with one attached hydrogen (secondary N) is 1. The fraction of sp³-hybridized carbons (Fsp3) is 0.190. The lowest BCUT2D eigenvalue weighted by atomic mass is 9.98. The molecule has 0 spiro atoms. The summed E-state index contributed by atoms with van der Waals surface area (Å²) in [6.45, 7) is 1.34. The Bertz CT molecular complexity index is 1340. The van der Waals surface area contributed by atoms with Crippen molar-refractivity contribution in [3.05, 3.63) is 83.6 Å². The third-order valence-electron chi connectivity index (χ3n) is 5.00. The lowest BCUT2D eigenvalue weighted by Crippen LogP contribution is -2.17. The fourth-order valence-electron chi connectivity index (χ4n) is 3.26. The SMILES string of the molecule is C[C@@H](c1ccc(C(F)(F)F)cc1C(F)(F)F)n1cc(NC(=O)c2cn(-c3ccccn3)nn2)cn1.